The Morgan fingerprint density at radius 1 is 1.22 bits per heavy atom. The number of unbranched alkanes of at least 4 members (excludes halogenated alkanes) is 4. The predicted molar refractivity (Wildman–Crippen MR) is 73.3 cm³/mol. The number of hydrogen-bond donors (Lipinski definition) is 0. The molecule has 0 amide bonds. The molecule has 0 aromatic rings. The fourth-order valence-corrected chi connectivity index (χ4v) is 1.30. The first-order valence-corrected chi connectivity index (χ1v) is 6.73. The Balaban J connectivity index is 3.79. The first kappa shape index (κ1) is 16.8. The zero-order valence-corrected chi connectivity index (χ0v) is 12.3. The summed E-state index contributed by atoms with van der Waals surface area (Å²) in [5, 5.41) is 0. The molecule has 3 nitrogen and oxygen atoms in total. The van der Waals surface area contributed by atoms with Crippen LogP contribution in [-0.2, 0) is 9.47 Å². The second-order valence-electron chi connectivity index (χ2n) is 5.36. The van der Waals surface area contributed by atoms with Gasteiger partial charge in [-0.15, -0.1) is 0 Å². The largest absolute Gasteiger partial charge is 0.510 e. The van der Waals surface area contributed by atoms with E-state index in [0.29, 0.717) is 0 Å². The van der Waals surface area contributed by atoms with Crippen molar-refractivity contribution in [3.8, 4) is 11.8 Å². The van der Waals surface area contributed by atoms with Crippen LogP contribution in [0.1, 0.15) is 66.7 Å². The first-order chi connectivity index (χ1) is 8.35. The van der Waals surface area contributed by atoms with Crippen molar-refractivity contribution in [3.05, 3.63) is 0 Å². The summed E-state index contributed by atoms with van der Waals surface area (Å²) in [7, 11) is 0. The summed E-state index contributed by atoms with van der Waals surface area (Å²) in [6.45, 7) is 9.35. The maximum absolute atomic E-state index is 11.3. The lowest BCUT2D eigenvalue weighted by Gasteiger charge is -2.19. The van der Waals surface area contributed by atoms with Crippen LogP contribution in [-0.4, -0.2) is 17.9 Å². The van der Waals surface area contributed by atoms with E-state index in [0.717, 1.165) is 12.8 Å². The van der Waals surface area contributed by atoms with Crippen molar-refractivity contribution in [3.63, 3.8) is 0 Å². The lowest BCUT2D eigenvalue weighted by Crippen LogP contribution is -2.26. The topological polar surface area (TPSA) is 35.5 Å². The molecule has 3 heteroatoms. The Hall–Kier alpha value is -1.17. The van der Waals surface area contributed by atoms with Gasteiger partial charge in [-0.3, -0.25) is 0 Å². The van der Waals surface area contributed by atoms with Crippen molar-refractivity contribution in [1.82, 2.24) is 0 Å². The Labute approximate surface area is 111 Å². The molecular formula is C15H26O3. The van der Waals surface area contributed by atoms with Gasteiger partial charge in [-0.1, -0.05) is 38.0 Å². The molecule has 0 aromatic heterocycles. The first-order valence-electron chi connectivity index (χ1n) is 6.73. The monoisotopic (exact) mass is 254 g/mol. The summed E-state index contributed by atoms with van der Waals surface area (Å²) < 4.78 is 10.1. The SMILES string of the molecule is CCCCCCC#CC(C)OC(=O)OC(C)(C)C. The van der Waals surface area contributed by atoms with E-state index in [1.807, 2.05) is 0 Å². The van der Waals surface area contributed by atoms with Gasteiger partial charge in [-0.25, -0.2) is 4.79 Å². The average Bonchev–Trinajstić information content (AvgIpc) is 2.20. The number of rotatable bonds is 5. The Morgan fingerprint density at radius 3 is 2.44 bits per heavy atom. The van der Waals surface area contributed by atoms with E-state index in [1.165, 1.54) is 19.3 Å². The fourth-order valence-electron chi connectivity index (χ4n) is 1.30. The van der Waals surface area contributed by atoms with Gasteiger partial charge in [0.2, 0.25) is 0 Å². The Bertz CT molecular complexity index is 291. The van der Waals surface area contributed by atoms with Crippen LogP contribution in [0.2, 0.25) is 0 Å². The minimum atomic E-state index is -0.657. The van der Waals surface area contributed by atoms with E-state index in [1.54, 1.807) is 27.7 Å². The van der Waals surface area contributed by atoms with Crippen molar-refractivity contribution in [2.75, 3.05) is 0 Å². The van der Waals surface area contributed by atoms with Crippen molar-refractivity contribution < 1.29 is 14.3 Å². The maximum atomic E-state index is 11.3. The Kier molecular flexibility index (Phi) is 8.28. The van der Waals surface area contributed by atoms with Crippen molar-refractivity contribution in [2.45, 2.75) is 78.4 Å². The molecule has 1 unspecified atom stereocenters. The van der Waals surface area contributed by atoms with Gasteiger partial charge < -0.3 is 9.47 Å². The second-order valence-corrected chi connectivity index (χ2v) is 5.36. The third kappa shape index (κ3) is 11.3. The number of hydrogen-bond acceptors (Lipinski definition) is 3. The van der Waals surface area contributed by atoms with Crippen molar-refractivity contribution in [2.24, 2.45) is 0 Å². The normalized spacial score (nSPS) is 12.3. The standard InChI is InChI=1S/C15H26O3/c1-6-7-8-9-10-11-12-13(2)17-14(16)18-15(3,4)5/h13H,6-10H2,1-5H3. The molecule has 0 saturated carbocycles. The molecule has 0 N–H and O–H groups in total. The molecule has 0 saturated heterocycles. The zero-order valence-electron chi connectivity index (χ0n) is 12.3. The minimum Gasteiger partial charge on any atom is -0.429 e. The van der Waals surface area contributed by atoms with E-state index < -0.39 is 17.9 Å². The lowest BCUT2D eigenvalue weighted by molar-refractivity contribution is -0.0141. The van der Waals surface area contributed by atoms with Crippen molar-refractivity contribution in [1.29, 1.82) is 0 Å². The smallest absolute Gasteiger partial charge is 0.429 e. The van der Waals surface area contributed by atoms with Gasteiger partial charge >= 0.3 is 6.16 Å². The van der Waals surface area contributed by atoms with E-state index in [9.17, 15) is 4.79 Å². The summed E-state index contributed by atoms with van der Waals surface area (Å²) in [6, 6.07) is 0. The average molecular weight is 254 g/mol. The van der Waals surface area contributed by atoms with Crippen LogP contribution in [0.5, 0.6) is 0 Å². The van der Waals surface area contributed by atoms with Crippen LogP contribution < -0.4 is 0 Å². The van der Waals surface area contributed by atoms with Gasteiger partial charge in [0.05, 0.1) is 0 Å². The molecule has 104 valence electrons. The van der Waals surface area contributed by atoms with Crippen LogP contribution in [0.4, 0.5) is 4.79 Å². The maximum Gasteiger partial charge on any atom is 0.510 e. The van der Waals surface area contributed by atoms with Gasteiger partial charge in [0.25, 0.3) is 0 Å². The van der Waals surface area contributed by atoms with Gasteiger partial charge in [0, 0.05) is 6.42 Å². The molecule has 18 heavy (non-hydrogen) atoms. The second kappa shape index (κ2) is 8.85. The molecule has 0 aromatic carbocycles. The predicted octanol–water partition coefficient (Wildman–Crippen LogP) is 4.30. The number of carbonyl (C=O) groups is 1. The van der Waals surface area contributed by atoms with Gasteiger partial charge in [-0.05, 0) is 34.1 Å². The highest BCUT2D eigenvalue weighted by molar-refractivity contribution is 5.61. The van der Waals surface area contributed by atoms with Crippen molar-refractivity contribution >= 4 is 6.16 Å². The molecule has 0 bridgehead atoms. The van der Waals surface area contributed by atoms with E-state index in [-0.39, 0.29) is 0 Å². The van der Waals surface area contributed by atoms with E-state index in [2.05, 4.69) is 18.8 Å². The molecule has 0 aliphatic heterocycles. The highest BCUT2D eigenvalue weighted by Gasteiger charge is 2.18. The molecule has 0 radical (unpaired) electrons. The summed E-state index contributed by atoms with van der Waals surface area (Å²) >= 11 is 0. The highest BCUT2D eigenvalue weighted by atomic mass is 16.7. The third-order valence-electron chi connectivity index (χ3n) is 2.12. The molecule has 0 heterocycles. The van der Waals surface area contributed by atoms with Crippen LogP contribution in [0.3, 0.4) is 0 Å². The molecular weight excluding hydrogens is 228 g/mol. The van der Waals surface area contributed by atoms with Crippen LogP contribution in [0.25, 0.3) is 0 Å². The molecule has 0 fully saturated rings. The molecule has 0 spiro atoms. The van der Waals surface area contributed by atoms with Crippen LogP contribution >= 0.6 is 0 Å². The van der Waals surface area contributed by atoms with Gasteiger partial charge in [0.15, 0.2) is 6.10 Å². The van der Waals surface area contributed by atoms with Gasteiger partial charge in [-0.2, -0.15) is 0 Å². The summed E-state index contributed by atoms with van der Waals surface area (Å²) in [5.41, 5.74) is -0.523. The highest BCUT2D eigenvalue weighted by Crippen LogP contribution is 2.09. The minimum absolute atomic E-state index is 0.411. The van der Waals surface area contributed by atoms with E-state index in [4.69, 9.17) is 9.47 Å². The molecule has 0 aliphatic rings. The van der Waals surface area contributed by atoms with Gasteiger partial charge in [0.1, 0.15) is 5.60 Å². The summed E-state index contributed by atoms with van der Waals surface area (Å²) in [5.74, 6) is 5.93. The molecule has 0 rings (SSSR count). The quantitative estimate of drug-likeness (QED) is 0.417. The Morgan fingerprint density at radius 2 is 1.89 bits per heavy atom. The third-order valence-corrected chi connectivity index (χ3v) is 2.12. The number of ether oxygens (including phenoxy) is 2. The lowest BCUT2D eigenvalue weighted by atomic mass is 10.1. The zero-order chi connectivity index (χ0) is 14.0. The summed E-state index contributed by atoms with van der Waals surface area (Å²) in [6.07, 6.45) is 4.60. The van der Waals surface area contributed by atoms with Crippen LogP contribution in [0, 0.1) is 11.8 Å². The molecule has 1 atom stereocenters. The van der Waals surface area contributed by atoms with Crippen LogP contribution in [0.15, 0.2) is 0 Å². The number of carbonyl (C=O) groups excluding carboxylic acids is 1. The fraction of sp³-hybridized carbons (Fsp3) is 0.800. The summed E-state index contributed by atoms with van der Waals surface area (Å²) in [4.78, 5) is 11.3. The molecule has 0 aliphatic carbocycles. The van der Waals surface area contributed by atoms with E-state index >= 15 is 0 Å².